The number of rotatable bonds is 7. The molecule has 1 aromatic rings. The second-order valence-corrected chi connectivity index (χ2v) is 5.47. The van der Waals surface area contributed by atoms with Gasteiger partial charge in [-0.15, -0.1) is 0 Å². The number of allylic oxidation sites excluding steroid dienone is 1. The van der Waals surface area contributed by atoms with Crippen molar-refractivity contribution in [3.05, 3.63) is 53.1 Å². The van der Waals surface area contributed by atoms with E-state index in [-0.39, 0.29) is 5.97 Å². The fourth-order valence-corrected chi connectivity index (χ4v) is 1.93. The Morgan fingerprint density at radius 2 is 1.90 bits per heavy atom. The first-order chi connectivity index (χ1) is 10.1. The number of ether oxygens (including phenoxy) is 1. The fraction of sp³-hybridized carbons (Fsp3) is 0.421. The summed E-state index contributed by atoms with van der Waals surface area (Å²) in [5, 5.41) is 0. The number of benzene rings is 1. The standard InChI is InChI=1S/C19H26O2/c1-5-18(19(20)21-6-2)14-13-17-11-9-16(10-12-17)8-7-15(3)4/h5,9-15H,6-8H2,1-4H3/b14-13+,18-5-. The predicted molar refractivity (Wildman–Crippen MR) is 89.0 cm³/mol. The van der Waals surface area contributed by atoms with Crippen LogP contribution in [0.5, 0.6) is 0 Å². The Labute approximate surface area is 128 Å². The lowest BCUT2D eigenvalue weighted by Crippen LogP contribution is -2.05. The molecule has 0 bridgehead atoms. The number of hydrogen-bond donors (Lipinski definition) is 0. The van der Waals surface area contributed by atoms with Crippen molar-refractivity contribution in [2.24, 2.45) is 5.92 Å². The zero-order chi connectivity index (χ0) is 15.7. The highest BCUT2D eigenvalue weighted by Crippen LogP contribution is 2.12. The predicted octanol–water partition coefficient (Wildman–Crippen LogP) is 4.80. The third kappa shape index (κ3) is 6.44. The molecule has 0 radical (unpaired) electrons. The smallest absolute Gasteiger partial charge is 0.337 e. The van der Waals surface area contributed by atoms with Gasteiger partial charge in [-0.3, -0.25) is 0 Å². The minimum atomic E-state index is -0.273. The van der Waals surface area contributed by atoms with Crippen LogP contribution in [-0.2, 0) is 16.0 Å². The van der Waals surface area contributed by atoms with Crippen LogP contribution in [0.4, 0.5) is 0 Å². The zero-order valence-corrected chi connectivity index (χ0v) is 13.6. The molecule has 21 heavy (non-hydrogen) atoms. The highest BCUT2D eigenvalue weighted by atomic mass is 16.5. The van der Waals surface area contributed by atoms with Crippen molar-refractivity contribution in [2.75, 3.05) is 6.61 Å². The number of carbonyl (C=O) groups excluding carboxylic acids is 1. The lowest BCUT2D eigenvalue weighted by atomic mass is 10.0. The molecule has 0 N–H and O–H groups in total. The second-order valence-electron chi connectivity index (χ2n) is 5.47. The molecule has 2 nitrogen and oxygen atoms in total. The van der Waals surface area contributed by atoms with Crippen LogP contribution in [0.15, 0.2) is 42.0 Å². The summed E-state index contributed by atoms with van der Waals surface area (Å²) in [5.41, 5.74) is 3.03. The molecule has 0 saturated heterocycles. The summed E-state index contributed by atoms with van der Waals surface area (Å²) in [4.78, 5) is 11.7. The maximum absolute atomic E-state index is 11.7. The largest absolute Gasteiger partial charge is 0.462 e. The molecule has 114 valence electrons. The summed E-state index contributed by atoms with van der Waals surface area (Å²) in [6.45, 7) is 8.53. The first-order valence-corrected chi connectivity index (χ1v) is 7.67. The molecule has 0 unspecified atom stereocenters. The Morgan fingerprint density at radius 3 is 2.43 bits per heavy atom. The van der Waals surface area contributed by atoms with Gasteiger partial charge in [0.25, 0.3) is 0 Å². The summed E-state index contributed by atoms with van der Waals surface area (Å²) >= 11 is 0. The van der Waals surface area contributed by atoms with Gasteiger partial charge in [-0.05, 0) is 49.8 Å². The van der Waals surface area contributed by atoms with Crippen molar-refractivity contribution in [3.63, 3.8) is 0 Å². The van der Waals surface area contributed by atoms with Crippen molar-refractivity contribution < 1.29 is 9.53 Å². The van der Waals surface area contributed by atoms with Gasteiger partial charge in [-0.2, -0.15) is 0 Å². The van der Waals surface area contributed by atoms with E-state index in [2.05, 4.69) is 38.1 Å². The van der Waals surface area contributed by atoms with Crippen LogP contribution < -0.4 is 0 Å². The molecule has 0 heterocycles. The van der Waals surface area contributed by atoms with Crippen molar-refractivity contribution in [1.82, 2.24) is 0 Å². The van der Waals surface area contributed by atoms with E-state index in [1.807, 2.05) is 19.9 Å². The van der Waals surface area contributed by atoms with Crippen LogP contribution in [0, 0.1) is 5.92 Å². The van der Waals surface area contributed by atoms with E-state index in [9.17, 15) is 4.79 Å². The average Bonchev–Trinajstić information content (AvgIpc) is 2.47. The normalized spacial score (nSPS) is 12.1. The summed E-state index contributed by atoms with van der Waals surface area (Å²) in [6, 6.07) is 8.48. The number of aryl methyl sites for hydroxylation is 1. The number of esters is 1. The van der Waals surface area contributed by atoms with E-state index < -0.39 is 0 Å². The molecular formula is C19H26O2. The average molecular weight is 286 g/mol. The quantitative estimate of drug-likeness (QED) is 0.409. The van der Waals surface area contributed by atoms with Crippen LogP contribution >= 0.6 is 0 Å². The topological polar surface area (TPSA) is 26.3 Å². The Kier molecular flexibility index (Phi) is 7.52. The fourth-order valence-electron chi connectivity index (χ4n) is 1.93. The van der Waals surface area contributed by atoms with E-state index in [1.165, 1.54) is 12.0 Å². The first-order valence-electron chi connectivity index (χ1n) is 7.67. The Morgan fingerprint density at radius 1 is 1.24 bits per heavy atom. The minimum absolute atomic E-state index is 0.273. The molecule has 0 aromatic heterocycles. The molecule has 0 amide bonds. The van der Waals surface area contributed by atoms with Crippen molar-refractivity contribution in [2.45, 2.75) is 40.5 Å². The van der Waals surface area contributed by atoms with Gasteiger partial charge in [0.05, 0.1) is 12.2 Å². The Hall–Kier alpha value is -1.83. The molecule has 0 aliphatic carbocycles. The Bertz CT molecular complexity index is 493. The van der Waals surface area contributed by atoms with E-state index in [4.69, 9.17) is 4.74 Å². The van der Waals surface area contributed by atoms with Gasteiger partial charge in [0.2, 0.25) is 0 Å². The van der Waals surface area contributed by atoms with Crippen LogP contribution in [0.25, 0.3) is 6.08 Å². The summed E-state index contributed by atoms with van der Waals surface area (Å²) < 4.78 is 5.00. The first kappa shape index (κ1) is 17.2. The van der Waals surface area contributed by atoms with Crippen LogP contribution in [0.1, 0.15) is 45.2 Å². The van der Waals surface area contributed by atoms with Crippen molar-refractivity contribution >= 4 is 12.0 Å². The molecular weight excluding hydrogens is 260 g/mol. The third-order valence-electron chi connectivity index (χ3n) is 3.27. The van der Waals surface area contributed by atoms with Crippen LogP contribution in [0.3, 0.4) is 0 Å². The van der Waals surface area contributed by atoms with E-state index in [0.29, 0.717) is 12.2 Å². The third-order valence-corrected chi connectivity index (χ3v) is 3.27. The zero-order valence-electron chi connectivity index (χ0n) is 13.6. The summed E-state index contributed by atoms with van der Waals surface area (Å²) in [6.07, 6.45) is 7.84. The van der Waals surface area contributed by atoms with Gasteiger partial charge in [0.1, 0.15) is 0 Å². The van der Waals surface area contributed by atoms with E-state index in [1.54, 1.807) is 12.2 Å². The maximum Gasteiger partial charge on any atom is 0.337 e. The lowest BCUT2D eigenvalue weighted by molar-refractivity contribution is -0.138. The highest BCUT2D eigenvalue weighted by molar-refractivity contribution is 5.92. The molecule has 0 fully saturated rings. The molecule has 1 aromatic carbocycles. The van der Waals surface area contributed by atoms with Gasteiger partial charge >= 0.3 is 5.97 Å². The summed E-state index contributed by atoms with van der Waals surface area (Å²) in [7, 11) is 0. The monoisotopic (exact) mass is 286 g/mol. The maximum atomic E-state index is 11.7. The van der Waals surface area contributed by atoms with Gasteiger partial charge < -0.3 is 4.74 Å². The molecule has 0 aliphatic rings. The van der Waals surface area contributed by atoms with E-state index >= 15 is 0 Å². The minimum Gasteiger partial charge on any atom is -0.462 e. The Balaban J connectivity index is 2.66. The number of carbonyl (C=O) groups is 1. The van der Waals surface area contributed by atoms with Crippen LogP contribution in [0.2, 0.25) is 0 Å². The van der Waals surface area contributed by atoms with Gasteiger partial charge in [-0.1, -0.05) is 50.3 Å². The molecule has 0 spiro atoms. The molecule has 0 aliphatic heterocycles. The molecule has 0 saturated carbocycles. The van der Waals surface area contributed by atoms with Gasteiger partial charge in [-0.25, -0.2) is 4.79 Å². The molecule has 2 heteroatoms. The van der Waals surface area contributed by atoms with Crippen LogP contribution in [-0.4, -0.2) is 12.6 Å². The lowest BCUT2D eigenvalue weighted by Gasteiger charge is -2.05. The second kappa shape index (κ2) is 9.17. The number of hydrogen-bond acceptors (Lipinski definition) is 2. The SMILES string of the molecule is C/C=C(/C=C/c1ccc(CCC(C)C)cc1)C(=O)OCC. The van der Waals surface area contributed by atoms with Crippen molar-refractivity contribution in [3.8, 4) is 0 Å². The van der Waals surface area contributed by atoms with Gasteiger partial charge in [0.15, 0.2) is 0 Å². The molecule has 1 rings (SSSR count). The highest BCUT2D eigenvalue weighted by Gasteiger charge is 2.05. The van der Waals surface area contributed by atoms with E-state index in [0.717, 1.165) is 17.9 Å². The van der Waals surface area contributed by atoms with Crippen molar-refractivity contribution in [1.29, 1.82) is 0 Å². The van der Waals surface area contributed by atoms with Gasteiger partial charge in [0, 0.05) is 0 Å². The molecule has 0 atom stereocenters. The summed E-state index contributed by atoms with van der Waals surface area (Å²) in [5.74, 6) is 0.455.